The molecule has 3 rings (SSSR count). The summed E-state index contributed by atoms with van der Waals surface area (Å²) in [7, 11) is 0. The minimum atomic E-state index is 0.00946. The van der Waals surface area contributed by atoms with E-state index in [2.05, 4.69) is 70.9 Å². The molecule has 0 amide bonds. The number of hydrogen-bond donors (Lipinski definition) is 1. The molecule has 2 aromatic rings. The number of H-pyrrole nitrogens is 1. The molecule has 1 N–H and O–H groups in total. The van der Waals surface area contributed by atoms with Gasteiger partial charge in [-0.1, -0.05) is 57.3 Å². The molecule has 1 heterocycles. The van der Waals surface area contributed by atoms with Crippen molar-refractivity contribution in [2.45, 2.75) is 44.9 Å². The van der Waals surface area contributed by atoms with E-state index < -0.39 is 0 Å². The van der Waals surface area contributed by atoms with Crippen LogP contribution in [0.2, 0.25) is 0 Å². The molecule has 0 fully saturated rings. The van der Waals surface area contributed by atoms with Gasteiger partial charge in [-0.25, -0.2) is 4.98 Å². The number of nitrogens with zero attached hydrogens (tertiary/aromatic N) is 1. The van der Waals surface area contributed by atoms with E-state index in [-0.39, 0.29) is 5.41 Å². The van der Waals surface area contributed by atoms with E-state index in [9.17, 15) is 0 Å². The quantitative estimate of drug-likeness (QED) is 0.716. The van der Waals surface area contributed by atoms with Gasteiger partial charge in [0.05, 0.1) is 4.47 Å². The molecule has 21 heavy (non-hydrogen) atoms. The molecule has 0 atom stereocenters. The maximum absolute atomic E-state index is 5.44. The van der Waals surface area contributed by atoms with Gasteiger partial charge in [0.2, 0.25) is 0 Å². The first-order valence-corrected chi connectivity index (χ1v) is 8.43. The maximum Gasteiger partial charge on any atom is 0.144 e. The first kappa shape index (κ1) is 14.9. The molecule has 1 aliphatic rings. The van der Waals surface area contributed by atoms with Crippen LogP contribution in [0.4, 0.5) is 0 Å². The number of fused-ring (bicyclic) bond motifs is 1. The van der Waals surface area contributed by atoms with Crippen molar-refractivity contribution in [1.82, 2.24) is 9.97 Å². The number of benzene rings is 1. The molecule has 1 aromatic carbocycles. The fraction of sp³-hybridized carbons (Fsp3) is 0.412. The van der Waals surface area contributed by atoms with E-state index in [0.29, 0.717) is 10.6 Å². The Morgan fingerprint density at radius 3 is 2.29 bits per heavy atom. The molecular weight excluding hydrogens is 344 g/mol. The molecule has 0 unspecified atom stereocenters. The van der Waals surface area contributed by atoms with Crippen LogP contribution in [0.15, 0.2) is 28.7 Å². The third kappa shape index (κ3) is 2.84. The third-order valence-corrected chi connectivity index (χ3v) is 5.40. The van der Waals surface area contributed by atoms with Crippen molar-refractivity contribution in [3.8, 4) is 0 Å². The van der Waals surface area contributed by atoms with Gasteiger partial charge in [0.25, 0.3) is 0 Å². The third-order valence-electron chi connectivity index (χ3n) is 4.07. The summed E-state index contributed by atoms with van der Waals surface area (Å²) in [5.41, 5.74) is 4.01. The van der Waals surface area contributed by atoms with Crippen molar-refractivity contribution in [2.75, 3.05) is 0 Å². The van der Waals surface area contributed by atoms with Crippen molar-refractivity contribution in [3.05, 3.63) is 56.0 Å². The number of nitrogens with one attached hydrogen (secondary N) is 1. The summed E-state index contributed by atoms with van der Waals surface area (Å²) in [4.78, 5) is 8.17. The topological polar surface area (TPSA) is 28.7 Å². The SMILES string of the molecule is CC(C)(C)c1[nH]c(C2Cc3ccccc3C2)nc(=S)c1Br. The minimum Gasteiger partial charge on any atom is -0.345 e. The molecule has 110 valence electrons. The summed E-state index contributed by atoms with van der Waals surface area (Å²) in [5.74, 6) is 1.42. The minimum absolute atomic E-state index is 0.00946. The average Bonchev–Trinajstić information content (AvgIpc) is 2.84. The smallest absolute Gasteiger partial charge is 0.144 e. The zero-order valence-electron chi connectivity index (χ0n) is 12.5. The lowest BCUT2D eigenvalue weighted by Gasteiger charge is -2.22. The Morgan fingerprint density at radius 1 is 1.19 bits per heavy atom. The number of halogens is 1. The molecule has 1 aliphatic carbocycles. The van der Waals surface area contributed by atoms with Gasteiger partial charge in [-0.2, -0.15) is 0 Å². The lowest BCUT2D eigenvalue weighted by Crippen LogP contribution is -2.18. The largest absolute Gasteiger partial charge is 0.345 e. The van der Waals surface area contributed by atoms with E-state index in [1.165, 1.54) is 11.1 Å². The predicted molar refractivity (Wildman–Crippen MR) is 92.4 cm³/mol. The number of aromatic amines is 1. The molecule has 4 heteroatoms. The van der Waals surface area contributed by atoms with Gasteiger partial charge in [0.15, 0.2) is 0 Å². The van der Waals surface area contributed by atoms with E-state index in [0.717, 1.165) is 28.8 Å². The molecule has 0 saturated carbocycles. The summed E-state index contributed by atoms with van der Waals surface area (Å²) < 4.78 is 1.58. The summed E-state index contributed by atoms with van der Waals surface area (Å²) in [6.45, 7) is 6.56. The normalized spacial score (nSPS) is 15.2. The highest BCUT2D eigenvalue weighted by Crippen LogP contribution is 2.35. The summed E-state index contributed by atoms with van der Waals surface area (Å²) in [6.07, 6.45) is 2.08. The molecule has 0 aliphatic heterocycles. The lowest BCUT2D eigenvalue weighted by molar-refractivity contribution is 0.548. The Bertz CT molecular complexity index is 718. The molecule has 0 saturated heterocycles. The van der Waals surface area contributed by atoms with Gasteiger partial charge in [-0.3, -0.25) is 0 Å². The molecular formula is C17H19BrN2S. The highest BCUT2D eigenvalue weighted by Gasteiger charge is 2.27. The monoisotopic (exact) mass is 362 g/mol. The van der Waals surface area contributed by atoms with Crippen molar-refractivity contribution in [3.63, 3.8) is 0 Å². The number of rotatable bonds is 1. The van der Waals surface area contributed by atoms with E-state index in [1.54, 1.807) is 0 Å². The van der Waals surface area contributed by atoms with E-state index >= 15 is 0 Å². The van der Waals surface area contributed by atoms with Crippen molar-refractivity contribution < 1.29 is 0 Å². The van der Waals surface area contributed by atoms with Crippen LogP contribution in [0.3, 0.4) is 0 Å². The molecule has 0 bridgehead atoms. The van der Waals surface area contributed by atoms with Crippen LogP contribution in [-0.2, 0) is 18.3 Å². The molecule has 0 radical (unpaired) electrons. The van der Waals surface area contributed by atoms with Crippen LogP contribution < -0.4 is 0 Å². The van der Waals surface area contributed by atoms with Crippen LogP contribution in [0, 0.1) is 4.64 Å². The highest BCUT2D eigenvalue weighted by molar-refractivity contribution is 9.10. The van der Waals surface area contributed by atoms with Gasteiger partial charge < -0.3 is 4.98 Å². The van der Waals surface area contributed by atoms with Gasteiger partial charge in [0.1, 0.15) is 10.5 Å². The van der Waals surface area contributed by atoms with Crippen LogP contribution >= 0.6 is 28.1 Å². The van der Waals surface area contributed by atoms with Crippen molar-refractivity contribution >= 4 is 28.1 Å². The summed E-state index contributed by atoms with van der Waals surface area (Å²) in [5, 5.41) is 0. The highest BCUT2D eigenvalue weighted by atomic mass is 79.9. The molecule has 2 nitrogen and oxygen atoms in total. The van der Waals surface area contributed by atoms with Crippen LogP contribution in [0.5, 0.6) is 0 Å². The fourth-order valence-electron chi connectivity index (χ4n) is 2.94. The van der Waals surface area contributed by atoms with Crippen LogP contribution in [0.1, 0.15) is 49.3 Å². The Kier molecular flexibility index (Phi) is 3.78. The number of hydrogen-bond acceptors (Lipinski definition) is 2. The van der Waals surface area contributed by atoms with E-state index in [1.807, 2.05) is 0 Å². The second-order valence-electron chi connectivity index (χ2n) is 6.74. The zero-order chi connectivity index (χ0) is 15.2. The lowest BCUT2D eigenvalue weighted by atomic mass is 9.91. The van der Waals surface area contributed by atoms with Gasteiger partial charge >= 0.3 is 0 Å². The first-order chi connectivity index (χ1) is 9.86. The Labute approximate surface area is 139 Å². The maximum atomic E-state index is 5.44. The Balaban J connectivity index is 2.02. The molecule has 0 spiro atoms. The van der Waals surface area contributed by atoms with E-state index in [4.69, 9.17) is 12.2 Å². The Hall–Kier alpha value is -1.00. The van der Waals surface area contributed by atoms with Gasteiger partial charge in [0, 0.05) is 17.0 Å². The van der Waals surface area contributed by atoms with Crippen LogP contribution in [-0.4, -0.2) is 9.97 Å². The standard InChI is InChI=1S/C17H19BrN2S/c1-17(2,3)14-13(18)16(21)20-15(19-14)12-8-10-6-4-5-7-11(10)9-12/h4-7,12H,8-9H2,1-3H3,(H,19,20,21). The van der Waals surface area contributed by atoms with Gasteiger partial charge in [-0.15, -0.1) is 0 Å². The predicted octanol–water partition coefficient (Wildman–Crippen LogP) is 5.08. The fourth-order valence-corrected chi connectivity index (χ4v) is 3.92. The first-order valence-electron chi connectivity index (χ1n) is 7.23. The second kappa shape index (κ2) is 5.33. The summed E-state index contributed by atoms with van der Waals surface area (Å²) >= 11 is 9.03. The Morgan fingerprint density at radius 2 is 1.76 bits per heavy atom. The average molecular weight is 363 g/mol. The summed E-state index contributed by atoms with van der Waals surface area (Å²) in [6, 6.07) is 8.65. The van der Waals surface area contributed by atoms with Crippen molar-refractivity contribution in [1.29, 1.82) is 0 Å². The second-order valence-corrected chi connectivity index (χ2v) is 7.92. The number of aromatic nitrogens is 2. The zero-order valence-corrected chi connectivity index (χ0v) is 14.9. The molecule has 1 aromatic heterocycles. The van der Waals surface area contributed by atoms with Crippen molar-refractivity contribution in [2.24, 2.45) is 0 Å². The van der Waals surface area contributed by atoms with Crippen LogP contribution in [0.25, 0.3) is 0 Å². The van der Waals surface area contributed by atoms with Gasteiger partial charge in [-0.05, 0) is 39.9 Å².